The van der Waals surface area contributed by atoms with E-state index < -0.39 is 19.7 Å². The Morgan fingerprint density at radius 2 is 2.07 bits per heavy atom. The number of nitro groups is 1. The normalized spacial score (nSPS) is 10.7. The number of nitro benzene ring substituents is 1. The molecule has 0 aliphatic heterocycles. The van der Waals surface area contributed by atoms with Crippen molar-refractivity contribution in [3.05, 3.63) is 33.9 Å². The Hall–Kier alpha value is -1.65. The molecular formula is C7H3ClN2O4S. The lowest BCUT2D eigenvalue weighted by atomic mass is 10.2. The van der Waals surface area contributed by atoms with Gasteiger partial charge in [0, 0.05) is 16.7 Å². The molecule has 0 heterocycles. The van der Waals surface area contributed by atoms with Crippen LogP contribution < -0.4 is 0 Å². The summed E-state index contributed by atoms with van der Waals surface area (Å²) in [4.78, 5) is 9.30. The Morgan fingerprint density at radius 1 is 1.47 bits per heavy atom. The molecule has 0 unspecified atom stereocenters. The maximum Gasteiger partial charge on any atom is 0.287 e. The van der Waals surface area contributed by atoms with E-state index in [1.165, 1.54) is 6.07 Å². The average Bonchev–Trinajstić information content (AvgIpc) is 2.15. The summed E-state index contributed by atoms with van der Waals surface area (Å²) >= 11 is 0. The molecule has 1 aromatic rings. The molecule has 78 valence electrons. The topological polar surface area (TPSA) is 101 Å². The molecule has 0 fully saturated rings. The van der Waals surface area contributed by atoms with Gasteiger partial charge in [0.1, 0.15) is 11.6 Å². The van der Waals surface area contributed by atoms with Gasteiger partial charge >= 0.3 is 0 Å². The van der Waals surface area contributed by atoms with Crippen molar-refractivity contribution < 1.29 is 13.3 Å². The van der Waals surface area contributed by atoms with Gasteiger partial charge in [-0.05, 0) is 12.1 Å². The highest BCUT2D eigenvalue weighted by atomic mass is 35.7. The SMILES string of the molecule is N#Cc1cc(S(=O)(=O)Cl)ccc1[N+](=O)[O-]. The minimum Gasteiger partial charge on any atom is -0.258 e. The average molecular weight is 247 g/mol. The molecule has 0 saturated carbocycles. The molecule has 0 atom stereocenters. The molecule has 0 aromatic heterocycles. The quantitative estimate of drug-likeness (QED) is 0.446. The minimum absolute atomic E-state index is 0.341. The Kier molecular flexibility index (Phi) is 2.93. The Balaban J connectivity index is 3.47. The first-order valence-electron chi connectivity index (χ1n) is 3.49. The number of nitrogens with zero attached hydrogens (tertiary/aromatic N) is 2. The molecule has 0 N–H and O–H groups in total. The summed E-state index contributed by atoms with van der Waals surface area (Å²) in [7, 11) is 1.03. The smallest absolute Gasteiger partial charge is 0.258 e. The van der Waals surface area contributed by atoms with Gasteiger partial charge in [-0.2, -0.15) is 5.26 Å². The number of rotatable bonds is 2. The molecule has 1 aromatic carbocycles. The molecule has 6 nitrogen and oxygen atoms in total. The summed E-state index contributed by atoms with van der Waals surface area (Å²) in [6.07, 6.45) is 0. The molecule has 0 spiro atoms. The minimum atomic E-state index is -3.98. The second-order valence-electron chi connectivity index (χ2n) is 2.49. The van der Waals surface area contributed by atoms with E-state index in [0.29, 0.717) is 0 Å². The zero-order valence-electron chi connectivity index (χ0n) is 7.05. The van der Waals surface area contributed by atoms with Gasteiger partial charge in [-0.25, -0.2) is 8.42 Å². The van der Waals surface area contributed by atoms with Crippen LogP contribution in [0.5, 0.6) is 0 Å². The van der Waals surface area contributed by atoms with E-state index in [2.05, 4.69) is 0 Å². The van der Waals surface area contributed by atoms with E-state index in [4.69, 9.17) is 15.9 Å². The van der Waals surface area contributed by atoms with Crippen molar-refractivity contribution in [1.29, 1.82) is 5.26 Å². The van der Waals surface area contributed by atoms with Crippen molar-refractivity contribution in [1.82, 2.24) is 0 Å². The van der Waals surface area contributed by atoms with E-state index >= 15 is 0 Å². The fourth-order valence-corrected chi connectivity index (χ4v) is 1.69. The van der Waals surface area contributed by atoms with Crippen molar-refractivity contribution >= 4 is 25.4 Å². The van der Waals surface area contributed by atoms with E-state index in [9.17, 15) is 18.5 Å². The summed E-state index contributed by atoms with van der Waals surface area (Å²) in [6, 6.07) is 4.28. The maximum absolute atomic E-state index is 10.9. The Morgan fingerprint density at radius 3 is 2.47 bits per heavy atom. The van der Waals surface area contributed by atoms with Crippen LogP contribution in [0, 0.1) is 21.4 Å². The van der Waals surface area contributed by atoms with Gasteiger partial charge in [0.25, 0.3) is 14.7 Å². The zero-order chi connectivity index (χ0) is 11.6. The van der Waals surface area contributed by atoms with Crippen molar-refractivity contribution in [2.24, 2.45) is 0 Å². The summed E-state index contributed by atoms with van der Waals surface area (Å²) < 4.78 is 21.7. The van der Waals surface area contributed by atoms with Gasteiger partial charge in [0.2, 0.25) is 0 Å². The van der Waals surface area contributed by atoms with Crippen molar-refractivity contribution in [3.63, 3.8) is 0 Å². The lowest BCUT2D eigenvalue weighted by molar-refractivity contribution is -0.385. The summed E-state index contributed by atoms with van der Waals surface area (Å²) in [5.41, 5.74) is -0.803. The third kappa shape index (κ3) is 2.43. The van der Waals surface area contributed by atoms with Gasteiger partial charge in [0.05, 0.1) is 9.82 Å². The number of nitriles is 1. The Bertz CT molecular complexity index is 561. The summed E-state index contributed by atoms with van der Waals surface area (Å²) in [5.74, 6) is 0. The molecule has 0 aliphatic carbocycles. The van der Waals surface area contributed by atoms with Crippen molar-refractivity contribution in [3.8, 4) is 6.07 Å². The zero-order valence-corrected chi connectivity index (χ0v) is 8.62. The van der Waals surface area contributed by atoms with Crippen LogP contribution >= 0.6 is 10.7 Å². The molecular weight excluding hydrogens is 244 g/mol. The van der Waals surface area contributed by atoms with E-state index in [1.807, 2.05) is 0 Å². The van der Waals surface area contributed by atoms with E-state index in [0.717, 1.165) is 18.2 Å². The second-order valence-corrected chi connectivity index (χ2v) is 5.05. The highest BCUT2D eigenvalue weighted by Crippen LogP contribution is 2.23. The molecule has 8 heteroatoms. The molecule has 0 amide bonds. The highest BCUT2D eigenvalue weighted by Gasteiger charge is 2.18. The Labute approximate surface area is 89.3 Å². The van der Waals surface area contributed by atoms with Crippen LogP contribution in [0.25, 0.3) is 0 Å². The maximum atomic E-state index is 10.9. The molecule has 0 radical (unpaired) electrons. The third-order valence-electron chi connectivity index (χ3n) is 1.57. The van der Waals surface area contributed by atoms with Gasteiger partial charge in [0.15, 0.2) is 0 Å². The van der Waals surface area contributed by atoms with E-state index in [1.54, 1.807) is 0 Å². The molecule has 0 saturated heterocycles. The van der Waals surface area contributed by atoms with Crippen LogP contribution in [0.2, 0.25) is 0 Å². The van der Waals surface area contributed by atoms with Gasteiger partial charge < -0.3 is 0 Å². The van der Waals surface area contributed by atoms with Crippen LogP contribution in [0.3, 0.4) is 0 Å². The summed E-state index contributed by atoms with van der Waals surface area (Å²) in [5, 5.41) is 19.0. The molecule has 0 aliphatic rings. The van der Waals surface area contributed by atoms with Crippen molar-refractivity contribution in [2.75, 3.05) is 0 Å². The fraction of sp³-hybridized carbons (Fsp3) is 0. The summed E-state index contributed by atoms with van der Waals surface area (Å²) in [6.45, 7) is 0. The fourth-order valence-electron chi connectivity index (χ4n) is 0.916. The van der Waals surface area contributed by atoms with Crippen molar-refractivity contribution in [2.45, 2.75) is 4.90 Å². The first kappa shape index (κ1) is 11.4. The van der Waals surface area contributed by atoms with E-state index in [-0.39, 0.29) is 10.5 Å². The largest absolute Gasteiger partial charge is 0.287 e. The first-order chi connectivity index (χ1) is 6.86. The van der Waals surface area contributed by atoms with Crippen LogP contribution in [-0.4, -0.2) is 13.3 Å². The van der Waals surface area contributed by atoms with Crippen LogP contribution in [0.4, 0.5) is 5.69 Å². The van der Waals surface area contributed by atoms with Gasteiger partial charge in [-0.15, -0.1) is 0 Å². The first-order valence-corrected chi connectivity index (χ1v) is 5.80. The van der Waals surface area contributed by atoms with Crippen LogP contribution in [0.1, 0.15) is 5.56 Å². The number of halogens is 1. The van der Waals surface area contributed by atoms with Gasteiger partial charge in [-0.3, -0.25) is 10.1 Å². The highest BCUT2D eigenvalue weighted by molar-refractivity contribution is 8.13. The number of hydrogen-bond donors (Lipinski definition) is 0. The number of hydrogen-bond acceptors (Lipinski definition) is 5. The molecule has 0 bridgehead atoms. The lowest BCUT2D eigenvalue weighted by Crippen LogP contribution is -1.96. The van der Waals surface area contributed by atoms with Crippen LogP contribution in [-0.2, 0) is 9.05 Å². The van der Waals surface area contributed by atoms with Gasteiger partial charge in [-0.1, -0.05) is 0 Å². The van der Waals surface area contributed by atoms with Crippen LogP contribution in [0.15, 0.2) is 23.1 Å². The second kappa shape index (κ2) is 3.84. The predicted molar refractivity (Wildman–Crippen MR) is 50.9 cm³/mol. The lowest BCUT2D eigenvalue weighted by Gasteiger charge is -1.97. The third-order valence-corrected chi connectivity index (χ3v) is 2.92. The molecule has 1 rings (SSSR count). The predicted octanol–water partition coefficient (Wildman–Crippen LogP) is 1.39. The molecule has 15 heavy (non-hydrogen) atoms. The number of benzene rings is 1. The monoisotopic (exact) mass is 246 g/mol. The standard InChI is InChI=1S/C7H3ClN2O4S/c8-15(13,14)6-1-2-7(10(11)12)5(3-6)4-9/h1-3H.